The predicted octanol–water partition coefficient (Wildman–Crippen LogP) is 3.16. The van der Waals surface area contributed by atoms with Crippen LogP contribution in [0.15, 0.2) is 48.5 Å². The zero-order valence-corrected chi connectivity index (χ0v) is 15.1. The highest BCUT2D eigenvalue weighted by atomic mass is 35.5. The quantitative estimate of drug-likeness (QED) is 0.798. The minimum atomic E-state index is -0.229. The molecule has 0 atom stereocenters. The molecule has 6 heteroatoms. The maximum absolute atomic E-state index is 12.2. The van der Waals surface area contributed by atoms with Crippen LogP contribution in [0.1, 0.15) is 22.8 Å². The number of amides is 2. The van der Waals surface area contributed by atoms with Gasteiger partial charge in [0, 0.05) is 18.8 Å². The molecule has 0 aromatic heterocycles. The average Bonchev–Trinajstić information content (AvgIpc) is 2.55. The first kappa shape index (κ1) is 19.0. The van der Waals surface area contributed by atoms with E-state index in [4.69, 9.17) is 11.6 Å². The molecule has 0 heterocycles. The van der Waals surface area contributed by atoms with Gasteiger partial charge >= 0.3 is 0 Å². The van der Waals surface area contributed by atoms with E-state index in [1.807, 2.05) is 49.2 Å². The molecule has 2 aromatic rings. The van der Waals surface area contributed by atoms with Gasteiger partial charge in [0.1, 0.15) is 0 Å². The molecule has 25 heavy (non-hydrogen) atoms. The van der Waals surface area contributed by atoms with E-state index in [9.17, 15) is 9.59 Å². The second kappa shape index (κ2) is 9.20. The summed E-state index contributed by atoms with van der Waals surface area (Å²) in [7, 11) is 1.89. The Hall–Kier alpha value is -2.37. The topological polar surface area (TPSA) is 61.4 Å². The molecular weight excluding hydrogens is 338 g/mol. The molecule has 2 amide bonds. The summed E-state index contributed by atoms with van der Waals surface area (Å²) in [5.41, 5.74) is 2.10. The second-order valence-corrected chi connectivity index (χ2v) is 6.17. The van der Waals surface area contributed by atoms with Crippen LogP contribution < -0.4 is 10.6 Å². The van der Waals surface area contributed by atoms with Gasteiger partial charge in [-0.2, -0.15) is 0 Å². The molecule has 2 rings (SSSR count). The molecule has 0 radical (unpaired) electrons. The third kappa shape index (κ3) is 5.89. The minimum absolute atomic E-state index is 0.139. The summed E-state index contributed by atoms with van der Waals surface area (Å²) in [4.78, 5) is 25.9. The predicted molar refractivity (Wildman–Crippen MR) is 101 cm³/mol. The lowest BCUT2D eigenvalue weighted by atomic mass is 10.2. The molecule has 0 aliphatic heterocycles. The molecule has 0 saturated heterocycles. The Kier molecular flexibility index (Phi) is 6.98. The number of halogens is 1. The molecule has 2 N–H and O–H groups in total. The third-order valence-corrected chi connectivity index (χ3v) is 3.86. The Bertz CT molecular complexity index is 735. The summed E-state index contributed by atoms with van der Waals surface area (Å²) in [5.74, 6) is -0.367. The number of hydrogen-bond acceptors (Lipinski definition) is 3. The van der Waals surface area contributed by atoms with E-state index in [2.05, 4.69) is 10.6 Å². The minimum Gasteiger partial charge on any atom is -0.352 e. The third-order valence-electron chi connectivity index (χ3n) is 3.54. The Balaban J connectivity index is 1.91. The molecule has 0 aliphatic rings. The zero-order chi connectivity index (χ0) is 18.2. The number of hydrogen-bond donors (Lipinski definition) is 2. The highest BCUT2D eigenvalue weighted by molar-refractivity contribution is 6.34. The van der Waals surface area contributed by atoms with Gasteiger partial charge in [0.05, 0.1) is 17.1 Å². The van der Waals surface area contributed by atoms with Crippen molar-refractivity contribution < 1.29 is 9.59 Å². The first-order valence-electron chi connectivity index (χ1n) is 8.09. The average molecular weight is 360 g/mol. The molecule has 0 unspecified atom stereocenters. The number of anilines is 1. The smallest absolute Gasteiger partial charge is 0.252 e. The van der Waals surface area contributed by atoms with Crippen molar-refractivity contribution in [3.05, 3.63) is 64.7 Å². The lowest BCUT2D eigenvalue weighted by Crippen LogP contribution is -2.29. The molecule has 2 aromatic carbocycles. The summed E-state index contributed by atoms with van der Waals surface area (Å²) in [6.45, 7) is 3.31. The van der Waals surface area contributed by atoms with Gasteiger partial charge in [-0.25, -0.2) is 0 Å². The number of carbonyl (C=O) groups excluding carboxylic acids is 2. The van der Waals surface area contributed by atoms with E-state index in [-0.39, 0.29) is 18.4 Å². The van der Waals surface area contributed by atoms with E-state index in [0.717, 1.165) is 5.56 Å². The van der Waals surface area contributed by atoms with Crippen LogP contribution in [0.25, 0.3) is 0 Å². The Labute approximate surface area is 153 Å². The van der Waals surface area contributed by atoms with Crippen molar-refractivity contribution >= 4 is 29.1 Å². The molecule has 5 nitrogen and oxygen atoms in total. The van der Waals surface area contributed by atoms with Crippen LogP contribution in [-0.2, 0) is 11.3 Å². The van der Waals surface area contributed by atoms with Crippen molar-refractivity contribution in [1.29, 1.82) is 0 Å². The van der Waals surface area contributed by atoms with Crippen molar-refractivity contribution in [3.63, 3.8) is 0 Å². The van der Waals surface area contributed by atoms with E-state index in [0.29, 0.717) is 29.4 Å². The number of rotatable bonds is 7. The van der Waals surface area contributed by atoms with E-state index < -0.39 is 0 Å². The van der Waals surface area contributed by atoms with Crippen LogP contribution in [0.2, 0.25) is 5.02 Å². The van der Waals surface area contributed by atoms with Crippen LogP contribution in [0.5, 0.6) is 0 Å². The summed E-state index contributed by atoms with van der Waals surface area (Å²) in [6, 6.07) is 14.8. The van der Waals surface area contributed by atoms with Crippen molar-refractivity contribution in [2.75, 3.05) is 25.5 Å². The van der Waals surface area contributed by atoms with Gasteiger partial charge in [-0.05, 0) is 37.7 Å². The molecule has 0 spiro atoms. The van der Waals surface area contributed by atoms with Gasteiger partial charge < -0.3 is 10.6 Å². The standard InChI is InChI=1S/C19H22ClN3O2/c1-3-21-19(25)16-10-9-15(11-17(16)20)22-18(24)13-23(2)12-14-7-5-4-6-8-14/h4-11H,3,12-13H2,1-2H3,(H,21,25)(H,22,24). The van der Waals surface area contributed by atoms with Gasteiger partial charge in [0.25, 0.3) is 5.91 Å². The summed E-state index contributed by atoms with van der Waals surface area (Å²) in [6.07, 6.45) is 0. The van der Waals surface area contributed by atoms with Crippen LogP contribution in [-0.4, -0.2) is 36.9 Å². The van der Waals surface area contributed by atoms with Crippen LogP contribution in [0, 0.1) is 0 Å². The van der Waals surface area contributed by atoms with E-state index in [1.165, 1.54) is 0 Å². The van der Waals surface area contributed by atoms with Crippen molar-refractivity contribution in [1.82, 2.24) is 10.2 Å². The Morgan fingerprint density at radius 1 is 1.12 bits per heavy atom. The molecule has 0 bridgehead atoms. The van der Waals surface area contributed by atoms with Crippen molar-refractivity contribution in [3.8, 4) is 0 Å². The Morgan fingerprint density at radius 3 is 2.48 bits per heavy atom. The van der Waals surface area contributed by atoms with Gasteiger partial charge in [0.15, 0.2) is 0 Å². The number of nitrogens with one attached hydrogen (secondary N) is 2. The maximum atomic E-state index is 12.2. The SMILES string of the molecule is CCNC(=O)c1ccc(NC(=O)CN(C)Cc2ccccc2)cc1Cl. The lowest BCUT2D eigenvalue weighted by molar-refractivity contribution is -0.117. The largest absolute Gasteiger partial charge is 0.352 e. The number of benzene rings is 2. The van der Waals surface area contributed by atoms with Crippen LogP contribution in [0.4, 0.5) is 5.69 Å². The maximum Gasteiger partial charge on any atom is 0.252 e. The molecule has 0 fully saturated rings. The fraction of sp³-hybridized carbons (Fsp3) is 0.263. The fourth-order valence-corrected chi connectivity index (χ4v) is 2.70. The zero-order valence-electron chi connectivity index (χ0n) is 14.4. The fourth-order valence-electron chi connectivity index (χ4n) is 2.43. The number of likely N-dealkylation sites (N-methyl/N-ethyl adjacent to an activating group) is 1. The second-order valence-electron chi connectivity index (χ2n) is 5.76. The van der Waals surface area contributed by atoms with Gasteiger partial charge in [-0.3, -0.25) is 14.5 Å². The molecule has 0 aliphatic carbocycles. The molecule has 0 saturated carbocycles. The van der Waals surface area contributed by atoms with Crippen LogP contribution >= 0.6 is 11.6 Å². The normalized spacial score (nSPS) is 10.6. The van der Waals surface area contributed by atoms with Crippen LogP contribution in [0.3, 0.4) is 0 Å². The van der Waals surface area contributed by atoms with E-state index >= 15 is 0 Å². The summed E-state index contributed by atoms with van der Waals surface area (Å²) < 4.78 is 0. The Morgan fingerprint density at radius 2 is 1.84 bits per heavy atom. The number of carbonyl (C=O) groups is 2. The summed E-state index contributed by atoms with van der Waals surface area (Å²) in [5, 5.41) is 5.80. The monoisotopic (exact) mass is 359 g/mol. The molecule has 132 valence electrons. The van der Waals surface area contributed by atoms with Crippen molar-refractivity contribution in [2.24, 2.45) is 0 Å². The van der Waals surface area contributed by atoms with Gasteiger partial charge in [-0.1, -0.05) is 41.9 Å². The van der Waals surface area contributed by atoms with Crippen molar-refractivity contribution in [2.45, 2.75) is 13.5 Å². The summed E-state index contributed by atoms with van der Waals surface area (Å²) >= 11 is 6.13. The van der Waals surface area contributed by atoms with Gasteiger partial charge in [0.2, 0.25) is 5.91 Å². The molecular formula is C19H22ClN3O2. The van der Waals surface area contributed by atoms with E-state index in [1.54, 1.807) is 18.2 Å². The number of nitrogens with zero attached hydrogens (tertiary/aromatic N) is 1. The highest BCUT2D eigenvalue weighted by Crippen LogP contribution is 2.21. The van der Waals surface area contributed by atoms with Gasteiger partial charge in [-0.15, -0.1) is 0 Å². The first-order valence-corrected chi connectivity index (χ1v) is 8.47. The highest BCUT2D eigenvalue weighted by Gasteiger charge is 2.12. The lowest BCUT2D eigenvalue weighted by Gasteiger charge is -2.16. The first-order chi connectivity index (χ1) is 12.0.